The minimum Gasteiger partial charge on any atom is -0.330 e. The van der Waals surface area contributed by atoms with E-state index in [4.69, 9.17) is 5.73 Å². The fourth-order valence-electron chi connectivity index (χ4n) is 5.27. The number of piperidine rings is 2. The smallest absolute Gasteiger partial charge is 0.214 e. The van der Waals surface area contributed by atoms with E-state index < -0.39 is 10.0 Å². The average molecular weight is 378 g/mol. The van der Waals surface area contributed by atoms with Crippen molar-refractivity contribution in [3.63, 3.8) is 0 Å². The first-order valence-electron chi connectivity index (χ1n) is 10.0. The number of nitrogens with zero attached hydrogens (tertiary/aromatic N) is 2. The zero-order valence-electron chi connectivity index (χ0n) is 15.7. The standard InChI is InChI=1S/C20H31N3O2S/c1-15-5-6-18-16(12-15)7-10-22-14-17-4-2-9-23(19(17)13-20(18)22)26(24,25)11-3-8-21/h5-6,12,17,19-20H,2-4,7-11,13-14,21H2,1H3/t17-,19+,20-/m0/s1. The van der Waals surface area contributed by atoms with E-state index in [1.165, 1.54) is 16.7 Å². The Morgan fingerprint density at radius 2 is 2.12 bits per heavy atom. The van der Waals surface area contributed by atoms with Crippen LogP contribution >= 0.6 is 0 Å². The molecule has 4 rings (SSSR count). The van der Waals surface area contributed by atoms with Gasteiger partial charge < -0.3 is 5.73 Å². The van der Waals surface area contributed by atoms with Gasteiger partial charge in [-0.1, -0.05) is 23.8 Å². The summed E-state index contributed by atoms with van der Waals surface area (Å²) in [7, 11) is -3.20. The molecule has 0 radical (unpaired) electrons. The quantitative estimate of drug-likeness (QED) is 0.872. The molecule has 6 heteroatoms. The molecular weight excluding hydrogens is 346 g/mol. The second kappa shape index (κ2) is 7.23. The van der Waals surface area contributed by atoms with E-state index in [1.54, 1.807) is 0 Å². The molecule has 3 aliphatic heterocycles. The van der Waals surface area contributed by atoms with E-state index in [1.807, 2.05) is 4.31 Å². The zero-order chi connectivity index (χ0) is 18.3. The number of rotatable bonds is 4. The van der Waals surface area contributed by atoms with Gasteiger partial charge in [-0.3, -0.25) is 4.90 Å². The molecule has 0 aliphatic carbocycles. The number of aryl methyl sites for hydroxylation is 1. The van der Waals surface area contributed by atoms with Gasteiger partial charge in [0.05, 0.1) is 5.75 Å². The van der Waals surface area contributed by atoms with E-state index in [-0.39, 0.29) is 11.8 Å². The molecule has 2 saturated heterocycles. The van der Waals surface area contributed by atoms with Crippen molar-refractivity contribution in [2.45, 2.75) is 51.1 Å². The van der Waals surface area contributed by atoms with Gasteiger partial charge in [0.25, 0.3) is 0 Å². The van der Waals surface area contributed by atoms with E-state index in [0.717, 1.165) is 38.8 Å². The highest BCUT2D eigenvalue weighted by molar-refractivity contribution is 7.89. The lowest BCUT2D eigenvalue weighted by Gasteiger charge is -2.51. The SMILES string of the molecule is Cc1ccc2c(c1)CCN1C[C@@H]3CCCN(S(=O)(=O)CCCN)[C@@H]3C[C@@H]21. The molecule has 0 bridgehead atoms. The van der Waals surface area contributed by atoms with Gasteiger partial charge in [-0.2, -0.15) is 4.31 Å². The summed E-state index contributed by atoms with van der Waals surface area (Å²) >= 11 is 0. The number of hydrogen-bond acceptors (Lipinski definition) is 4. The second-order valence-electron chi connectivity index (χ2n) is 8.24. The van der Waals surface area contributed by atoms with E-state index in [2.05, 4.69) is 30.0 Å². The first-order chi connectivity index (χ1) is 12.5. The molecular formula is C20H31N3O2S. The van der Waals surface area contributed by atoms with Crippen molar-refractivity contribution in [1.29, 1.82) is 0 Å². The Hall–Kier alpha value is -0.950. The summed E-state index contributed by atoms with van der Waals surface area (Å²) in [5.41, 5.74) is 9.75. The van der Waals surface area contributed by atoms with E-state index >= 15 is 0 Å². The molecule has 2 N–H and O–H groups in total. The Balaban J connectivity index is 1.61. The van der Waals surface area contributed by atoms with Gasteiger partial charge in [0.2, 0.25) is 10.0 Å². The fourth-order valence-corrected chi connectivity index (χ4v) is 7.12. The molecule has 5 nitrogen and oxygen atoms in total. The summed E-state index contributed by atoms with van der Waals surface area (Å²) < 4.78 is 27.7. The Kier molecular flexibility index (Phi) is 5.12. The Morgan fingerprint density at radius 3 is 2.92 bits per heavy atom. The normalized spacial score (nSPS) is 29.7. The van der Waals surface area contributed by atoms with Crippen LogP contribution in [0.3, 0.4) is 0 Å². The highest BCUT2D eigenvalue weighted by Crippen LogP contribution is 2.43. The topological polar surface area (TPSA) is 66.6 Å². The van der Waals surface area contributed by atoms with Crippen LogP contribution in [-0.2, 0) is 16.4 Å². The predicted molar refractivity (Wildman–Crippen MR) is 104 cm³/mol. The van der Waals surface area contributed by atoms with Crippen LogP contribution in [0.5, 0.6) is 0 Å². The molecule has 0 saturated carbocycles. The average Bonchev–Trinajstić information content (AvgIpc) is 2.64. The molecule has 3 atom stereocenters. The van der Waals surface area contributed by atoms with Crippen molar-refractivity contribution in [2.75, 3.05) is 31.9 Å². The number of nitrogens with two attached hydrogens (primary N) is 1. The fraction of sp³-hybridized carbons (Fsp3) is 0.700. The molecule has 1 aromatic carbocycles. The van der Waals surface area contributed by atoms with Crippen molar-refractivity contribution in [2.24, 2.45) is 11.7 Å². The van der Waals surface area contributed by atoms with Crippen molar-refractivity contribution in [1.82, 2.24) is 9.21 Å². The molecule has 0 spiro atoms. The van der Waals surface area contributed by atoms with Crippen molar-refractivity contribution < 1.29 is 8.42 Å². The first kappa shape index (κ1) is 18.4. The first-order valence-corrected chi connectivity index (χ1v) is 11.6. The van der Waals surface area contributed by atoms with Crippen LogP contribution in [0.15, 0.2) is 18.2 Å². The van der Waals surface area contributed by atoms with Gasteiger partial charge in [0, 0.05) is 31.7 Å². The summed E-state index contributed by atoms with van der Waals surface area (Å²) in [4.78, 5) is 2.61. The highest BCUT2D eigenvalue weighted by atomic mass is 32.2. The summed E-state index contributed by atoms with van der Waals surface area (Å²) in [5.74, 6) is 0.663. The largest absolute Gasteiger partial charge is 0.330 e. The van der Waals surface area contributed by atoms with E-state index in [0.29, 0.717) is 31.5 Å². The highest BCUT2D eigenvalue weighted by Gasteiger charge is 2.45. The number of hydrogen-bond donors (Lipinski definition) is 1. The van der Waals surface area contributed by atoms with Gasteiger partial charge in [0.1, 0.15) is 0 Å². The van der Waals surface area contributed by atoms with Crippen molar-refractivity contribution >= 4 is 10.0 Å². The molecule has 26 heavy (non-hydrogen) atoms. The molecule has 0 amide bonds. The number of sulfonamides is 1. The molecule has 1 aromatic rings. The number of benzene rings is 1. The lowest BCUT2D eigenvalue weighted by molar-refractivity contribution is 0.0220. The van der Waals surface area contributed by atoms with Crippen LogP contribution in [0.25, 0.3) is 0 Å². The van der Waals surface area contributed by atoms with Crippen LogP contribution in [0.4, 0.5) is 0 Å². The number of fused-ring (bicyclic) bond motifs is 4. The van der Waals surface area contributed by atoms with Crippen LogP contribution in [-0.4, -0.2) is 55.6 Å². The third kappa shape index (κ3) is 3.33. The van der Waals surface area contributed by atoms with Crippen molar-refractivity contribution in [3.8, 4) is 0 Å². The second-order valence-corrected chi connectivity index (χ2v) is 10.3. The maximum absolute atomic E-state index is 12.9. The van der Waals surface area contributed by atoms with Gasteiger partial charge >= 0.3 is 0 Å². The maximum Gasteiger partial charge on any atom is 0.214 e. The third-order valence-electron chi connectivity index (χ3n) is 6.53. The summed E-state index contributed by atoms with van der Waals surface area (Å²) in [6.45, 7) is 5.40. The lowest BCUT2D eigenvalue weighted by atomic mass is 9.77. The Morgan fingerprint density at radius 1 is 1.27 bits per heavy atom. The lowest BCUT2D eigenvalue weighted by Crippen LogP contribution is -2.57. The molecule has 0 unspecified atom stereocenters. The summed E-state index contributed by atoms with van der Waals surface area (Å²) in [5, 5.41) is 0. The molecule has 3 aliphatic rings. The minimum absolute atomic E-state index is 0.153. The summed E-state index contributed by atoms with van der Waals surface area (Å²) in [6.07, 6.45) is 4.73. The molecule has 2 fully saturated rings. The zero-order valence-corrected chi connectivity index (χ0v) is 16.5. The summed E-state index contributed by atoms with van der Waals surface area (Å²) in [6, 6.07) is 7.31. The Labute approximate surface area is 157 Å². The predicted octanol–water partition coefficient (Wildman–Crippen LogP) is 2.06. The molecule has 0 aromatic heterocycles. The molecule has 144 valence electrons. The van der Waals surface area contributed by atoms with Gasteiger partial charge in [-0.25, -0.2) is 8.42 Å². The van der Waals surface area contributed by atoms with E-state index in [9.17, 15) is 8.42 Å². The Bertz CT molecular complexity index is 764. The molecule has 3 heterocycles. The van der Waals surface area contributed by atoms with Crippen LogP contribution < -0.4 is 5.73 Å². The minimum atomic E-state index is -3.20. The van der Waals surface area contributed by atoms with Gasteiger partial charge in [0.15, 0.2) is 0 Å². The maximum atomic E-state index is 12.9. The van der Waals surface area contributed by atoms with Gasteiger partial charge in [-0.15, -0.1) is 0 Å². The van der Waals surface area contributed by atoms with Gasteiger partial charge in [-0.05, 0) is 62.6 Å². The monoisotopic (exact) mass is 377 g/mol. The van der Waals surface area contributed by atoms with Crippen LogP contribution in [0.1, 0.15) is 48.4 Å². The third-order valence-corrected chi connectivity index (χ3v) is 8.50. The van der Waals surface area contributed by atoms with Crippen LogP contribution in [0.2, 0.25) is 0 Å². The van der Waals surface area contributed by atoms with Crippen molar-refractivity contribution in [3.05, 3.63) is 34.9 Å². The van der Waals surface area contributed by atoms with Crippen LogP contribution in [0, 0.1) is 12.8 Å².